The number of aromatic nitrogens is 2. The lowest BCUT2D eigenvalue weighted by Crippen LogP contribution is -2.27. The Hall–Kier alpha value is -1.16. The first-order chi connectivity index (χ1) is 8.20. The second-order valence-corrected chi connectivity index (χ2v) is 4.94. The quantitative estimate of drug-likeness (QED) is 0.817. The Morgan fingerprint density at radius 3 is 2.59 bits per heavy atom. The molecule has 4 nitrogen and oxygen atoms in total. The average molecular weight is 234 g/mol. The van der Waals surface area contributed by atoms with Gasteiger partial charge in [0.1, 0.15) is 0 Å². The molecule has 1 saturated carbocycles. The number of hydrogen-bond acceptors (Lipinski definition) is 4. The Kier molecular flexibility index (Phi) is 3.94. The summed E-state index contributed by atoms with van der Waals surface area (Å²) in [6.45, 7) is 8.25. The molecular weight excluding hydrogens is 212 g/mol. The van der Waals surface area contributed by atoms with Crippen LogP contribution in [0.15, 0.2) is 12.1 Å². The minimum atomic E-state index is 0.482. The number of hydrogen-bond donors (Lipinski definition) is 1. The Bertz CT molecular complexity index is 343. The van der Waals surface area contributed by atoms with Crippen LogP contribution in [-0.2, 0) is 6.54 Å². The molecule has 1 aliphatic carbocycles. The molecule has 0 aliphatic heterocycles. The van der Waals surface area contributed by atoms with Crippen molar-refractivity contribution in [2.75, 3.05) is 11.4 Å². The van der Waals surface area contributed by atoms with E-state index in [0.717, 1.165) is 24.6 Å². The van der Waals surface area contributed by atoms with Crippen molar-refractivity contribution in [3.05, 3.63) is 17.8 Å². The molecule has 1 aliphatic rings. The van der Waals surface area contributed by atoms with Crippen LogP contribution in [0.3, 0.4) is 0 Å². The van der Waals surface area contributed by atoms with Gasteiger partial charge in [0, 0.05) is 25.2 Å². The van der Waals surface area contributed by atoms with Gasteiger partial charge in [0.05, 0.1) is 5.69 Å². The fourth-order valence-electron chi connectivity index (χ4n) is 1.90. The summed E-state index contributed by atoms with van der Waals surface area (Å²) in [5, 5.41) is 11.9. The van der Waals surface area contributed by atoms with Gasteiger partial charge in [-0.05, 0) is 31.9 Å². The summed E-state index contributed by atoms with van der Waals surface area (Å²) >= 11 is 0. The van der Waals surface area contributed by atoms with Crippen LogP contribution in [0.25, 0.3) is 0 Å². The van der Waals surface area contributed by atoms with E-state index in [2.05, 4.69) is 53.3 Å². The maximum Gasteiger partial charge on any atom is 0.151 e. The van der Waals surface area contributed by atoms with Crippen molar-refractivity contribution in [3.8, 4) is 0 Å². The molecule has 0 spiro atoms. The van der Waals surface area contributed by atoms with Crippen molar-refractivity contribution in [1.29, 1.82) is 0 Å². The lowest BCUT2D eigenvalue weighted by atomic mass is 10.3. The molecule has 0 atom stereocenters. The van der Waals surface area contributed by atoms with E-state index >= 15 is 0 Å². The van der Waals surface area contributed by atoms with Gasteiger partial charge in [-0.25, -0.2) is 0 Å². The summed E-state index contributed by atoms with van der Waals surface area (Å²) in [6, 6.07) is 5.35. The molecule has 1 N–H and O–H groups in total. The third-order valence-electron chi connectivity index (χ3n) is 3.02. The number of anilines is 1. The standard InChI is InChI=1S/C13H22N4/c1-4-17(12-6-7-12)13-8-5-11(15-16-13)9-14-10(2)3/h5,8,10,12,14H,4,6-7,9H2,1-3H3. The van der Waals surface area contributed by atoms with E-state index in [1.807, 2.05) is 0 Å². The third-order valence-corrected chi connectivity index (χ3v) is 3.02. The minimum absolute atomic E-state index is 0.482. The zero-order valence-electron chi connectivity index (χ0n) is 11.0. The number of rotatable bonds is 6. The summed E-state index contributed by atoms with van der Waals surface area (Å²) in [5.74, 6) is 1.02. The molecule has 0 radical (unpaired) electrons. The maximum atomic E-state index is 4.32. The zero-order valence-corrected chi connectivity index (χ0v) is 11.0. The van der Waals surface area contributed by atoms with E-state index in [9.17, 15) is 0 Å². The highest BCUT2D eigenvalue weighted by Gasteiger charge is 2.28. The molecule has 0 aromatic carbocycles. The Balaban J connectivity index is 1.96. The van der Waals surface area contributed by atoms with E-state index in [1.165, 1.54) is 12.8 Å². The first kappa shape index (κ1) is 12.3. The number of nitrogens with one attached hydrogen (secondary N) is 1. The molecule has 17 heavy (non-hydrogen) atoms. The smallest absolute Gasteiger partial charge is 0.151 e. The molecule has 0 amide bonds. The molecule has 1 fully saturated rings. The van der Waals surface area contributed by atoms with Gasteiger partial charge in [0.2, 0.25) is 0 Å². The zero-order chi connectivity index (χ0) is 12.3. The van der Waals surface area contributed by atoms with Crippen LogP contribution < -0.4 is 10.2 Å². The molecule has 4 heteroatoms. The van der Waals surface area contributed by atoms with Crippen LogP contribution in [0, 0.1) is 0 Å². The molecular formula is C13H22N4. The van der Waals surface area contributed by atoms with E-state index in [1.54, 1.807) is 0 Å². The predicted octanol–water partition coefficient (Wildman–Crippen LogP) is 1.96. The van der Waals surface area contributed by atoms with Crippen molar-refractivity contribution in [2.24, 2.45) is 0 Å². The summed E-state index contributed by atoms with van der Waals surface area (Å²) in [4.78, 5) is 2.34. The Morgan fingerprint density at radius 2 is 2.12 bits per heavy atom. The minimum Gasteiger partial charge on any atom is -0.352 e. The van der Waals surface area contributed by atoms with Crippen LogP contribution in [0.2, 0.25) is 0 Å². The summed E-state index contributed by atoms with van der Waals surface area (Å²) in [5.41, 5.74) is 1.01. The normalized spacial score (nSPS) is 15.3. The van der Waals surface area contributed by atoms with E-state index in [0.29, 0.717) is 12.1 Å². The Labute approximate surface area is 103 Å². The van der Waals surface area contributed by atoms with Gasteiger partial charge < -0.3 is 10.2 Å². The van der Waals surface area contributed by atoms with E-state index in [-0.39, 0.29) is 0 Å². The highest BCUT2D eigenvalue weighted by Crippen LogP contribution is 2.29. The predicted molar refractivity (Wildman–Crippen MR) is 70.0 cm³/mol. The molecule has 1 aromatic heterocycles. The summed E-state index contributed by atoms with van der Waals surface area (Å²) < 4.78 is 0. The van der Waals surface area contributed by atoms with E-state index < -0.39 is 0 Å². The van der Waals surface area contributed by atoms with Crippen LogP contribution in [-0.4, -0.2) is 28.8 Å². The average Bonchev–Trinajstić information content (AvgIpc) is 3.13. The van der Waals surface area contributed by atoms with Crippen molar-refractivity contribution >= 4 is 5.82 Å². The van der Waals surface area contributed by atoms with Gasteiger partial charge in [-0.1, -0.05) is 13.8 Å². The Morgan fingerprint density at radius 1 is 1.35 bits per heavy atom. The SMILES string of the molecule is CCN(c1ccc(CNC(C)C)nn1)C1CC1. The van der Waals surface area contributed by atoms with Gasteiger partial charge in [-0.2, -0.15) is 5.10 Å². The molecule has 2 rings (SSSR count). The molecule has 94 valence electrons. The highest BCUT2D eigenvalue weighted by atomic mass is 15.3. The molecule has 0 bridgehead atoms. The van der Waals surface area contributed by atoms with Crippen LogP contribution in [0.5, 0.6) is 0 Å². The van der Waals surface area contributed by atoms with Crippen molar-refractivity contribution in [2.45, 2.75) is 52.2 Å². The first-order valence-corrected chi connectivity index (χ1v) is 6.53. The molecule has 0 unspecified atom stereocenters. The van der Waals surface area contributed by atoms with Gasteiger partial charge in [-0.15, -0.1) is 5.10 Å². The molecule has 1 aromatic rings. The van der Waals surface area contributed by atoms with Crippen molar-refractivity contribution in [3.63, 3.8) is 0 Å². The largest absolute Gasteiger partial charge is 0.352 e. The fraction of sp³-hybridized carbons (Fsp3) is 0.692. The van der Waals surface area contributed by atoms with Gasteiger partial charge in [-0.3, -0.25) is 0 Å². The molecule has 0 saturated heterocycles. The van der Waals surface area contributed by atoms with Crippen LogP contribution in [0.1, 0.15) is 39.3 Å². The molecule has 1 heterocycles. The van der Waals surface area contributed by atoms with Gasteiger partial charge in [0.25, 0.3) is 0 Å². The fourth-order valence-corrected chi connectivity index (χ4v) is 1.90. The van der Waals surface area contributed by atoms with Crippen LogP contribution >= 0.6 is 0 Å². The van der Waals surface area contributed by atoms with Gasteiger partial charge >= 0.3 is 0 Å². The summed E-state index contributed by atoms with van der Waals surface area (Å²) in [6.07, 6.45) is 2.60. The maximum absolute atomic E-state index is 4.32. The third kappa shape index (κ3) is 3.40. The van der Waals surface area contributed by atoms with Crippen molar-refractivity contribution < 1.29 is 0 Å². The van der Waals surface area contributed by atoms with E-state index in [4.69, 9.17) is 0 Å². The number of nitrogens with zero attached hydrogens (tertiary/aromatic N) is 3. The monoisotopic (exact) mass is 234 g/mol. The topological polar surface area (TPSA) is 41.0 Å². The lowest BCUT2D eigenvalue weighted by Gasteiger charge is -2.20. The van der Waals surface area contributed by atoms with Crippen LogP contribution in [0.4, 0.5) is 5.82 Å². The van der Waals surface area contributed by atoms with Gasteiger partial charge in [0.15, 0.2) is 5.82 Å². The second-order valence-electron chi connectivity index (χ2n) is 4.94. The van der Waals surface area contributed by atoms with Crippen molar-refractivity contribution in [1.82, 2.24) is 15.5 Å². The first-order valence-electron chi connectivity index (χ1n) is 6.53. The lowest BCUT2D eigenvalue weighted by molar-refractivity contribution is 0.577. The summed E-state index contributed by atoms with van der Waals surface area (Å²) in [7, 11) is 0. The second kappa shape index (κ2) is 5.45. The highest BCUT2D eigenvalue weighted by molar-refractivity contribution is 5.40.